The highest BCUT2D eigenvalue weighted by molar-refractivity contribution is 7.17. The molecular formula is C30H33N7O2S. The van der Waals surface area contributed by atoms with Crippen LogP contribution >= 0.6 is 11.3 Å². The van der Waals surface area contributed by atoms with E-state index in [-0.39, 0.29) is 18.0 Å². The molecule has 5 aromatic rings. The maximum Gasteiger partial charge on any atom is 0.254 e. The van der Waals surface area contributed by atoms with Gasteiger partial charge in [0.15, 0.2) is 5.82 Å². The Morgan fingerprint density at radius 3 is 2.65 bits per heavy atom. The molecule has 3 fully saturated rings. The van der Waals surface area contributed by atoms with E-state index in [9.17, 15) is 4.79 Å². The molecule has 2 bridgehead atoms. The third-order valence-corrected chi connectivity index (χ3v) is 10.3. The van der Waals surface area contributed by atoms with E-state index in [1.807, 2.05) is 42.0 Å². The Hall–Kier alpha value is -3.63. The third kappa shape index (κ3) is 3.45. The van der Waals surface area contributed by atoms with Crippen LogP contribution in [-0.2, 0) is 20.6 Å². The average Bonchev–Trinajstić information content (AvgIpc) is 3.39. The number of likely N-dealkylation sites (tertiary alicyclic amines) is 1. The van der Waals surface area contributed by atoms with Crippen LogP contribution in [0.3, 0.4) is 0 Å². The number of nitrogens with zero attached hydrogens (tertiary/aromatic N) is 6. The fraction of sp³-hybridized carbons (Fsp3) is 0.433. The molecule has 1 aliphatic heterocycles. The van der Waals surface area contributed by atoms with Crippen LogP contribution in [0.4, 0.5) is 0 Å². The van der Waals surface area contributed by atoms with Crippen LogP contribution in [0.2, 0.25) is 0 Å². The van der Waals surface area contributed by atoms with Crippen molar-refractivity contribution < 1.29 is 9.53 Å². The van der Waals surface area contributed by atoms with Gasteiger partial charge in [-0.15, -0.1) is 11.3 Å². The van der Waals surface area contributed by atoms with Crippen molar-refractivity contribution in [3.8, 4) is 28.5 Å². The minimum absolute atomic E-state index is 0.0218. The Morgan fingerprint density at radius 2 is 1.98 bits per heavy atom. The van der Waals surface area contributed by atoms with Gasteiger partial charge in [0.05, 0.1) is 34.2 Å². The predicted octanol–water partition coefficient (Wildman–Crippen LogP) is 4.64. The number of rotatable bonds is 6. The van der Waals surface area contributed by atoms with Gasteiger partial charge in [-0.25, -0.2) is 4.98 Å². The molecule has 9 nitrogen and oxygen atoms in total. The Bertz CT molecular complexity index is 1810. The molecule has 1 amide bonds. The molecule has 5 heterocycles. The average molecular weight is 556 g/mol. The van der Waals surface area contributed by atoms with Gasteiger partial charge in [0.1, 0.15) is 11.3 Å². The number of carbonyl (C=O) groups excluding carboxylic acids is 1. The summed E-state index contributed by atoms with van der Waals surface area (Å²) in [6.07, 6.45) is 6.47. The fourth-order valence-corrected chi connectivity index (χ4v) is 8.08. The van der Waals surface area contributed by atoms with Gasteiger partial charge in [0, 0.05) is 62.0 Å². The highest BCUT2D eigenvalue weighted by Gasteiger charge is 2.47. The monoisotopic (exact) mass is 555 g/mol. The first-order chi connectivity index (χ1) is 19.4. The number of benzene rings is 1. The van der Waals surface area contributed by atoms with Gasteiger partial charge in [-0.05, 0) is 61.8 Å². The summed E-state index contributed by atoms with van der Waals surface area (Å²) in [5.41, 5.74) is 13.3. The Labute approximate surface area is 236 Å². The maximum atomic E-state index is 13.7. The topological polar surface area (TPSA) is 96.1 Å². The van der Waals surface area contributed by atoms with Crippen LogP contribution in [0.1, 0.15) is 36.0 Å². The normalized spacial score (nSPS) is 22.3. The van der Waals surface area contributed by atoms with Crippen molar-refractivity contribution in [2.75, 3.05) is 13.7 Å². The summed E-state index contributed by atoms with van der Waals surface area (Å²) in [5, 5.41) is 6.66. The van der Waals surface area contributed by atoms with Crippen molar-refractivity contribution in [3.63, 3.8) is 0 Å². The number of aryl methyl sites for hydroxylation is 2. The SMILES string of the molecule is COc1cc(C(=O)N2C[C@H]3CC[C@@H]2[C@@H]3N)cc2nc(-c3cc4scc(-c5ccnn5C)c4n3CC3CC3)n(C)c12. The summed E-state index contributed by atoms with van der Waals surface area (Å²) in [5.74, 6) is 2.65. The van der Waals surface area contributed by atoms with Crippen molar-refractivity contribution in [2.45, 2.75) is 44.3 Å². The van der Waals surface area contributed by atoms with Crippen molar-refractivity contribution in [3.05, 3.63) is 41.4 Å². The second-order valence-corrected chi connectivity index (χ2v) is 12.7. The second-order valence-electron chi connectivity index (χ2n) is 11.8. The van der Waals surface area contributed by atoms with Crippen LogP contribution < -0.4 is 10.5 Å². The molecular weight excluding hydrogens is 522 g/mol. The Morgan fingerprint density at radius 1 is 1.12 bits per heavy atom. The van der Waals surface area contributed by atoms with Gasteiger partial charge in [-0.3, -0.25) is 9.48 Å². The number of fused-ring (bicyclic) bond motifs is 4. The summed E-state index contributed by atoms with van der Waals surface area (Å²) in [7, 11) is 5.69. The molecule has 2 N–H and O–H groups in total. The maximum absolute atomic E-state index is 13.7. The first kappa shape index (κ1) is 24.2. The molecule has 1 aromatic carbocycles. The van der Waals surface area contributed by atoms with E-state index >= 15 is 0 Å². The molecule has 1 saturated heterocycles. The smallest absolute Gasteiger partial charge is 0.254 e. The minimum Gasteiger partial charge on any atom is -0.494 e. The van der Waals surface area contributed by atoms with Crippen LogP contribution in [-0.4, -0.2) is 60.4 Å². The van der Waals surface area contributed by atoms with Crippen LogP contribution in [0.25, 0.3) is 44.0 Å². The van der Waals surface area contributed by atoms with Crippen LogP contribution in [0.15, 0.2) is 35.8 Å². The lowest BCUT2D eigenvalue weighted by molar-refractivity contribution is 0.0700. The number of piperidine rings is 1. The summed E-state index contributed by atoms with van der Waals surface area (Å²) in [4.78, 5) is 20.8. The van der Waals surface area contributed by atoms with E-state index in [1.165, 1.54) is 28.6 Å². The Balaban J connectivity index is 1.27. The van der Waals surface area contributed by atoms with E-state index in [1.54, 1.807) is 18.4 Å². The number of carbonyl (C=O) groups is 1. The van der Waals surface area contributed by atoms with E-state index in [0.29, 0.717) is 23.1 Å². The lowest BCUT2D eigenvalue weighted by atomic mass is 10.1. The molecule has 8 rings (SSSR count). The van der Waals surface area contributed by atoms with E-state index in [0.717, 1.165) is 54.2 Å². The van der Waals surface area contributed by atoms with Gasteiger partial charge in [0.25, 0.3) is 5.91 Å². The Kier molecular flexibility index (Phi) is 5.25. The first-order valence-corrected chi connectivity index (χ1v) is 15.0. The molecule has 0 spiro atoms. The largest absolute Gasteiger partial charge is 0.494 e. The standard InChI is InChI=1S/C30H33N7O2S/c1-34-28-20(10-18(11-24(28)39-3)30(38)37-14-17-6-7-22(37)26(17)31)33-29(34)23-12-25-27(36(23)13-16-4-5-16)19(15-40-25)21-8-9-32-35(21)2/h8-12,15-17,22,26H,4-7,13-14,31H2,1-3H3/t17-,22-,26-/m1/s1. The number of ether oxygens (including phenoxy) is 1. The number of nitrogens with two attached hydrogens (primary N) is 1. The van der Waals surface area contributed by atoms with E-state index < -0.39 is 0 Å². The molecule has 3 aliphatic rings. The lowest BCUT2D eigenvalue weighted by Crippen LogP contribution is -2.41. The van der Waals surface area contributed by atoms with Gasteiger partial charge < -0.3 is 24.5 Å². The van der Waals surface area contributed by atoms with Crippen molar-refractivity contribution >= 4 is 38.5 Å². The molecule has 2 aliphatic carbocycles. The molecule has 206 valence electrons. The zero-order chi connectivity index (χ0) is 27.3. The number of hydrogen-bond acceptors (Lipinski definition) is 6. The van der Waals surface area contributed by atoms with Gasteiger partial charge in [0.2, 0.25) is 0 Å². The van der Waals surface area contributed by atoms with E-state index in [4.69, 9.17) is 15.5 Å². The first-order valence-electron chi connectivity index (χ1n) is 14.1. The van der Waals surface area contributed by atoms with Gasteiger partial charge in [-0.1, -0.05) is 0 Å². The fourth-order valence-electron chi connectivity index (χ4n) is 7.09. The molecule has 0 radical (unpaired) electrons. The second kappa shape index (κ2) is 8.68. The number of hydrogen-bond donors (Lipinski definition) is 1. The lowest BCUT2D eigenvalue weighted by Gasteiger charge is -2.27. The van der Waals surface area contributed by atoms with Gasteiger partial charge in [-0.2, -0.15) is 5.10 Å². The number of thiophene rings is 1. The molecule has 3 atom stereocenters. The zero-order valence-corrected chi connectivity index (χ0v) is 23.8. The highest BCUT2D eigenvalue weighted by Crippen LogP contribution is 2.43. The van der Waals surface area contributed by atoms with Crippen molar-refractivity contribution in [2.24, 2.45) is 31.7 Å². The quantitative estimate of drug-likeness (QED) is 0.329. The number of amides is 1. The van der Waals surface area contributed by atoms with Crippen LogP contribution in [0.5, 0.6) is 5.75 Å². The number of methoxy groups -OCH3 is 1. The molecule has 0 unspecified atom stereocenters. The molecule has 2 saturated carbocycles. The number of aromatic nitrogens is 5. The third-order valence-electron chi connectivity index (χ3n) is 9.40. The number of imidazole rings is 1. The van der Waals surface area contributed by atoms with Gasteiger partial charge >= 0.3 is 0 Å². The highest BCUT2D eigenvalue weighted by atomic mass is 32.1. The summed E-state index contributed by atoms with van der Waals surface area (Å²) in [6, 6.07) is 8.36. The molecule has 40 heavy (non-hydrogen) atoms. The molecule has 10 heteroatoms. The van der Waals surface area contributed by atoms with Crippen LogP contribution in [0, 0.1) is 11.8 Å². The molecule has 4 aromatic heterocycles. The van der Waals surface area contributed by atoms with E-state index in [2.05, 4.69) is 31.7 Å². The van der Waals surface area contributed by atoms with Crippen molar-refractivity contribution in [1.29, 1.82) is 0 Å². The summed E-state index contributed by atoms with van der Waals surface area (Å²) < 4.78 is 13.6. The summed E-state index contributed by atoms with van der Waals surface area (Å²) >= 11 is 1.76. The zero-order valence-electron chi connectivity index (χ0n) is 23.0. The minimum atomic E-state index is 0.0218. The van der Waals surface area contributed by atoms with Crippen molar-refractivity contribution in [1.82, 2.24) is 28.8 Å². The predicted molar refractivity (Wildman–Crippen MR) is 157 cm³/mol. The summed E-state index contributed by atoms with van der Waals surface area (Å²) in [6.45, 7) is 1.70.